The molecule has 1 rings (SSSR count). The molecule has 0 spiro atoms. The summed E-state index contributed by atoms with van der Waals surface area (Å²) in [7, 11) is 0. The van der Waals surface area contributed by atoms with E-state index in [1.807, 2.05) is 0 Å². The zero-order chi connectivity index (χ0) is 5.98. The number of ketones is 2. The molecule has 1 aliphatic rings. The zero-order valence-corrected chi connectivity index (χ0v) is 4.77. The van der Waals surface area contributed by atoms with E-state index in [9.17, 15) is 9.59 Å². The summed E-state index contributed by atoms with van der Waals surface area (Å²) in [5.41, 5.74) is 0. The van der Waals surface area contributed by atoms with Gasteiger partial charge in [-0.15, -0.1) is 0 Å². The normalized spacial score (nSPS) is 19.5. The summed E-state index contributed by atoms with van der Waals surface area (Å²) in [4.78, 5) is 20.6. The Morgan fingerprint density at radius 3 is 2.75 bits per heavy atom. The van der Waals surface area contributed by atoms with E-state index in [1.54, 1.807) is 0 Å². The second-order valence-corrected chi connectivity index (χ2v) is 2.05. The van der Waals surface area contributed by atoms with Gasteiger partial charge in [-0.3, -0.25) is 9.59 Å². The Bertz CT molecular complexity index is 163. The first-order valence-electron chi connectivity index (χ1n) is 2.03. The summed E-state index contributed by atoms with van der Waals surface area (Å²) >= 11 is 1.11. The number of Topliss-reactive ketones (excluding diaryl/α,β-unsaturated/α-hetero) is 2. The Hall–Kier alpha value is -0.640. The third kappa shape index (κ3) is 0.949. The van der Waals surface area contributed by atoms with Crippen molar-refractivity contribution in [3.8, 4) is 0 Å². The number of hydrogen-bond acceptors (Lipinski definition) is 4. The predicted molar refractivity (Wildman–Crippen MR) is 31.0 cm³/mol. The standard InChI is InChI=1S/C4H3NO2S/c6-3-1-5-8-2-4(3)7/h1H,2H2. The maximum Gasteiger partial charge on any atom is 0.241 e. The number of hydrogen-bond donors (Lipinski definition) is 0. The molecular weight excluding hydrogens is 126 g/mol. The minimum atomic E-state index is -0.483. The highest BCUT2D eigenvalue weighted by atomic mass is 32.2. The molecule has 0 atom stereocenters. The van der Waals surface area contributed by atoms with Crippen molar-refractivity contribution in [1.29, 1.82) is 0 Å². The zero-order valence-electron chi connectivity index (χ0n) is 3.96. The van der Waals surface area contributed by atoms with Crippen LogP contribution in [0.2, 0.25) is 0 Å². The largest absolute Gasteiger partial charge is 0.289 e. The van der Waals surface area contributed by atoms with Crippen LogP contribution in [0.15, 0.2) is 4.40 Å². The number of carbonyl (C=O) groups is 2. The van der Waals surface area contributed by atoms with Crippen molar-refractivity contribution in [1.82, 2.24) is 0 Å². The molecule has 0 bridgehead atoms. The van der Waals surface area contributed by atoms with Crippen molar-refractivity contribution in [3.63, 3.8) is 0 Å². The van der Waals surface area contributed by atoms with E-state index in [0.29, 0.717) is 0 Å². The summed E-state index contributed by atoms with van der Waals surface area (Å²) < 4.78 is 3.53. The number of rotatable bonds is 0. The molecule has 0 aromatic rings. The molecule has 0 saturated heterocycles. The Balaban J connectivity index is 2.75. The molecule has 8 heavy (non-hydrogen) atoms. The molecule has 0 N–H and O–H groups in total. The smallest absolute Gasteiger partial charge is 0.241 e. The van der Waals surface area contributed by atoms with Crippen LogP contribution in [0.5, 0.6) is 0 Å². The summed E-state index contributed by atoms with van der Waals surface area (Å²) in [6.45, 7) is 0. The van der Waals surface area contributed by atoms with Crippen LogP contribution >= 0.6 is 11.9 Å². The van der Waals surface area contributed by atoms with Crippen LogP contribution in [0.25, 0.3) is 0 Å². The minimum absolute atomic E-state index is 0.204. The lowest BCUT2D eigenvalue weighted by molar-refractivity contribution is -0.131. The van der Waals surface area contributed by atoms with Crippen LogP contribution in [-0.4, -0.2) is 23.5 Å². The van der Waals surface area contributed by atoms with Crippen LogP contribution in [0.4, 0.5) is 0 Å². The average molecular weight is 129 g/mol. The van der Waals surface area contributed by atoms with E-state index in [-0.39, 0.29) is 11.5 Å². The molecule has 0 fully saturated rings. The van der Waals surface area contributed by atoms with Gasteiger partial charge in [0.15, 0.2) is 0 Å². The predicted octanol–water partition coefficient (Wildman–Crippen LogP) is -0.143. The van der Waals surface area contributed by atoms with Gasteiger partial charge in [0.25, 0.3) is 0 Å². The fraction of sp³-hybridized carbons (Fsp3) is 0.250. The molecule has 4 heteroatoms. The highest BCUT2D eigenvalue weighted by molar-refractivity contribution is 7.99. The van der Waals surface area contributed by atoms with Crippen LogP contribution in [-0.2, 0) is 9.59 Å². The van der Waals surface area contributed by atoms with Gasteiger partial charge in [-0.25, -0.2) is 4.40 Å². The van der Waals surface area contributed by atoms with Gasteiger partial charge in [0.1, 0.15) is 0 Å². The fourth-order valence-electron chi connectivity index (χ4n) is 0.324. The summed E-state index contributed by atoms with van der Waals surface area (Å²) in [5.74, 6) is -0.635. The van der Waals surface area contributed by atoms with Gasteiger partial charge in [0.2, 0.25) is 11.6 Å². The van der Waals surface area contributed by atoms with Gasteiger partial charge < -0.3 is 0 Å². The first-order valence-corrected chi connectivity index (χ1v) is 2.97. The highest BCUT2D eigenvalue weighted by Gasteiger charge is 2.14. The molecule has 0 unspecified atom stereocenters. The van der Waals surface area contributed by atoms with E-state index < -0.39 is 5.78 Å². The van der Waals surface area contributed by atoms with Crippen LogP contribution in [0, 0.1) is 0 Å². The molecule has 0 saturated carbocycles. The van der Waals surface area contributed by atoms with Crippen molar-refractivity contribution < 1.29 is 9.59 Å². The van der Waals surface area contributed by atoms with Gasteiger partial charge >= 0.3 is 0 Å². The van der Waals surface area contributed by atoms with Crippen molar-refractivity contribution in [2.45, 2.75) is 0 Å². The minimum Gasteiger partial charge on any atom is -0.289 e. The third-order valence-electron chi connectivity index (χ3n) is 0.715. The number of nitrogens with zero attached hydrogens (tertiary/aromatic N) is 1. The molecular formula is C4H3NO2S. The Kier molecular flexibility index (Phi) is 1.43. The molecule has 0 aromatic heterocycles. The van der Waals surface area contributed by atoms with Crippen LogP contribution in [0.1, 0.15) is 0 Å². The highest BCUT2D eigenvalue weighted by Crippen LogP contribution is 2.04. The second kappa shape index (κ2) is 2.09. The van der Waals surface area contributed by atoms with Gasteiger partial charge in [-0.2, -0.15) is 0 Å². The van der Waals surface area contributed by atoms with Crippen LogP contribution in [0.3, 0.4) is 0 Å². The topological polar surface area (TPSA) is 46.5 Å². The van der Waals surface area contributed by atoms with E-state index in [1.165, 1.54) is 0 Å². The summed E-state index contributed by atoms with van der Waals surface area (Å²) in [5, 5.41) is 0. The lowest BCUT2D eigenvalue weighted by Crippen LogP contribution is -2.19. The van der Waals surface area contributed by atoms with Crippen molar-refractivity contribution in [3.05, 3.63) is 0 Å². The molecule has 0 radical (unpaired) electrons. The van der Waals surface area contributed by atoms with Crippen molar-refractivity contribution in [2.24, 2.45) is 4.40 Å². The van der Waals surface area contributed by atoms with Crippen molar-refractivity contribution in [2.75, 3.05) is 5.75 Å². The number of carbonyl (C=O) groups excluding carboxylic acids is 2. The Labute approximate surface area is 50.3 Å². The third-order valence-corrected chi connectivity index (χ3v) is 1.36. The second-order valence-electron chi connectivity index (χ2n) is 1.30. The van der Waals surface area contributed by atoms with Gasteiger partial charge in [0.05, 0.1) is 12.0 Å². The monoisotopic (exact) mass is 129 g/mol. The van der Waals surface area contributed by atoms with E-state index >= 15 is 0 Å². The molecule has 0 amide bonds. The fourth-order valence-corrected chi connectivity index (χ4v) is 0.828. The van der Waals surface area contributed by atoms with Crippen molar-refractivity contribution >= 4 is 29.7 Å². The molecule has 1 aliphatic heterocycles. The first-order chi connectivity index (χ1) is 3.80. The lowest BCUT2D eigenvalue weighted by Gasteiger charge is -1.95. The molecule has 1 heterocycles. The Morgan fingerprint density at radius 1 is 1.62 bits per heavy atom. The molecule has 42 valence electrons. The molecule has 0 aliphatic carbocycles. The maximum atomic E-state index is 10.3. The van der Waals surface area contributed by atoms with E-state index in [0.717, 1.165) is 18.2 Å². The van der Waals surface area contributed by atoms with Gasteiger partial charge in [-0.1, -0.05) is 0 Å². The van der Waals surface area contributed by atoms with E-state index in [4.69, 9.17) is 0 Å². The van der Waals surface area contributed by atoms with E-state index in [2.05, 4.69) is 4.40 Å². The molecule has 0 aromatic carbocycles. The maximum absolute atomic E-state index is 10.3. The first kappa shape index (κ1) is 5.50. The van der Waals surface area contributed by atoms with Crippen LogP contribution < -0.4 is 0 Å². The summed E-state index contributed by atoms with van der Waals surface area (Å²) in [6.07, 6.45) is 1.05. The molecule has 3 nitrogen and oxygen atoms in total. The lowest BCUT2D eigenvalue weighted by atomic mass is 10.3. The quantitative estimate of drug-likeness (QED) is 0.338. The van der Waals surface area contributed by atoms with Gasteiger partial charge in [0, 0.05) is 0 Å². The summed E-state index contributed by atoms with van der Waals surface area (Å²) in [6, 6.07) is 0. The SMILES string of the molecule is O=C1C=NSCC1=O. The Morgan fingerprint density at radius 2 is 2.38 bits per heavy atom. The van der Waals surface area contributed by atoms with Gasteiger partial charge in [-0.05, 0) is 11.9 Å². The average Bonchev–Trinajstić information content (AvgIpc) is 1.77.